The lowest BCUT2D eigenvalue weighted by Crippen LogP contribution is -2.56. The van der Waals surface area contributed by atoms with Crippen LogP contribution in [0.15, 0.2) is 23.4 Å². The maximum Gasteiger partial charge on any atom is 0.263 e. The lowest BCUT2D eigenvalue weighted by molar-refractivity contribution is -0.126. The Labute approximate surface area is 124 Å². The van der Waals surface area contributed by atoms with Gasteiger partial charge in [-0.2, -0.15) is 4.31 Å². The second-order valence-electron chi connectivity index (χ2n) is 4.72. The fourth-order valence-corrected chi connectivity index (χ4v) is 4.15. The SMILES string of the molecule is CCNc1cccnc1S(=O)(=O)N1CCNC(=O)C1CC. The minimum Gasteiger partial charge on any atom is -0.383 e. The summed E-state index contributed by atoms with van der Waals surface area (Å²) in [5.41, 5.74) is 0.459. The van der Waals surface area contributed by atoms with Crippen LogP contribution in [0.1, 0.15) is 20.3 Å². The van der Waals surface area contributed by atoms with E-state index in [1.165, 1.54) is 10.5 Å². The number of piperazine rings is 1. The number of aromatic nitrogens is 1. The fourth-order valence-electron chi connectivity index (χ4n) is 2.40. The number of amides is 1. The maximum atomic E-state index is 12.8. The molecule has 7 nitrogen and oxygen atoms in total. The number of carbonyl (C=O) groups excluding carboxylic acids is 1. The third kappa shape index (κ3) is 3.01. The summed E-state index contributed by atoms with van der Waals surface area (Å²) in [4.78, 5) is 15.9. The Hall–Kier alpha value is -1.67. The lowest BCUT2D eigenvalue weighted by atomic mass is 10.2. The van der Waals surface area contributed by atoms with Gasteiger partial charge in [-0.25, -0.2) is 13.4 Å². The number of sulfonamides is 1. The van der Waals surface area contributed by atoms with Gasteiger partial charge in [0.15, 0.2) is 5.03 Å². The highest BCUT2D eigenvalue weighted by atomic mass is 32.2. The predicted octanol–water partition coefficient (Wildman–Crippen LogP) is 0.412. The Balaban J connectivity index is 2.44. The van der Waals surface area contributed by atoms with Crippen LogP contribution < -0.4 is 10.6 Å². The van der Waals surface area contributed by atoms with Crippen LogP contribution in [0.25, 0.3) is 0 Å². The molecule has 0 bridgehead atoms. The second kappa shape index (κ2) is 6.40. The van der Waals surface area contributed by atoms with Gasteiger partial charge >= 0.3 is 0 Å². The third-order valence-electron chi connectivity index (χ3n) is 3.36. The van der Waals surface area contributed by atoms with Crippen molar-refractivity contribution in [3.8, 4) is 0 Å². The van der Waals surface area contributed by atoms with Gasteiger partial charge in [0.1, 0.15) is 6.04 Å². The van der Waals surface area contributed by atoms with Crippen molar-refractivity contribution in [3.63, 3.8) is 0 Å². The van der Waals surface area contributed by atoms with E-state index in [2.05, 4.69) is 15.6 Å². The highest BCUT2D eigenvalue weighted by Crippen LogP contribution is 2.25. The van der Waals surface area contributed by atoms with Gasteiger partial charge < -0.3 is 10.6 Å². The number of nitrogens with zero attached hydrogens (tertiary/aromatic N) is 2. The van der Waals surface area contributed by atoms with Gasteiger partial charge in [0.25, 0.3) is 10.0 Å². The van der Waals surface area contributed by atoms with Gasteiger partial charge in [-0.1, -0.05) is 6.92 Å². The molecule has 8 heteroatoms. The number of rotatable bonds is 5. The van der Waals surface area contributed by atoms with Crippen LogP contribution in [0, 0.1) is 0 Å². The van der Waals surface area contributed by atoms with Crippen molar-refractivity contribution in [2.45, 2.75) is 31.3 Å². The standard InChI is InChI=1S/C13H20N4O3S/c1-3-11-12(18)15-8-9-17(11)21(19,20)13-10(14-4-2)6-5-7-16-13/h5-7,11,14H,3-4,8-9H2,1-2H3,(H,15,18). The molecule has 0 aromatic carbocycles. The van der Waals surface area contributed by atoms with Gasteiger partial charge in [-0.3, -0.25) is 4.79 Å². The van der Waals surface area contributed by atoms with E-state index < -0.39 is 16.1 Å². The topological polar surface area (TPSA) is 91.4 Å². The molecule has 2 N–H and O–H groups in total. The molecule has 0 saturated carbocycles. The Morgan fingerprint density at radius 3 is 2.90 bits per heavy atom. The van der Waals surface area contributed by atoms with E-state index in [-0.39, 0.29) is 17.5 Å². The summed E-state index contributed by atoms with van der Waals surface area (Å²) in [5.74, 6) is -0.256. The molecular formula is C13H20N4O3S. The van der Waals surface area contributed by atoms with Crippen molar-refractivity contribution >= 4 is 21.6 Å². The number of carbonyl (C=O) groups is 1. The first kappa shape index (κ1) is 15.7. The fraction of sp³-hybridized carbons (Fsp3) is 0.538. The van der Waals surface area contributed by atoms with Crippen molar-refractivity contribution in [3.05, 3.63) is 18.3 Å². The summed E-state index contributed by atoms with van der Waals surface area (Å²) in [5, 5.41) is 5.66. The van der Waals surface area contributed by atoms with E-state index in [1.54, 1.807) is 19.1 Å². The summed E-state index contributed by atoms with van der Waals surface area (Å²) in [7, 11) is -3.81. The van der Waals surface area contributed by atoms with E-state index in [4.69, 9.17) is 0 Å². The molecule has 2 heterocycles. The first-order valence-electron chi connectivity index (χ1n) is 7.00. The van der Waals surface area contributed by atoms with Crippen molar-refractivity contribution in [1.29, 1.82) is 0 Å². The number of pyridine rings is 1. The monoisotopic (exact) mass is 312 g/mol. The predicted molar refractivity (Wildman–Crippen MR) is 79.4 cm³/mol. The van der Waals surface area contributed by atoms with Crippen LogP contribution in [0.5, 0.6) is 0 Å². The minimum absolute atomic E-state index is 0.0278. The van der Waals surface area contributed by atoms with Crippen LogP contribution in [-0.4, -0.2) is 49.3 Å². The van der Waals surface area contributed by atoms with Gasteiger partial charge in [0, 0.05) is 25.8 Å². The van der Waals surface area contributed by atoms with E-state index in [1.807, 2.05) is 6.92 Å². The molecule has 0 aliphatic carbocycles. The van der Waals surface area contributed by atoms with Gasteiger partial charge in [0.05, 0.1) is 5.69 Å². The summed E-state index contributed by atoms with van der Waals surface area (Å²) in [6, 6.07) is 2.67. The number of nitrogens with one attached hydrogen (secondary N) is 2. The zero-order valence-corrected chi connectivity index (χ0v) is 13.0. The maximum absolute atomic E-state index is 12.8. The number of hydrogen-bond donors (Lipinski definition) is 2. The molecular weight excluding hydrogens is 292 g/mol. The Kier molecular flexibility index (Phi) is 4.79. The molecule has 1 aliphatic rings. The molecule has 0 spiro atoms. The van der Waals surface area contributed by atoms with E-state index in [0.29, 0.717) is 25.2 Å². The third-order valence-corrected chi connectivity index (χ3v) is 5.23. The molecule has 1 aliphatic heterocycles. The Bertz CT molecular complexity index is 618. The minimum atomic E-state index is -3.81. The molecule has 1 aromatic heterocycles. The van der Waals surface area contributed by atoms with Crippen LogP contribution in [0.2, 0.25) is 0 Å². The summed E-state index contributed by atoms with van der Waals surface area (Å²) in [6.07, 6.45) is 1.87. The van der Waals surface area contributed by atoms with Crippen LogP contribution >= 0.6 is 0 Å². The second-order valence-corrected chi connectivity index (χ2v) is 6.52. The first-order valence-corrected chi connectivity index (χ1v) is 8.44. The molecule has 1 unspecified atom stereocenters. The van der Waals surface area contributed by atoms with Gasteiger partial charge in [-0.15, -0.1) is 0 Å². The van der Waals surface area contributed by atoms with Gasteiger partial charge in [-0.05, 0) is 25.5 Å². The van der Waals surface area contributed by atoms with Crippen LogP contribution in [0.4, 0.5) is 5.69 Å². The average molecular weight is 312 g/mol. The molecule has 2 rings (SSSR count). The Morgan fingerprint density at radius 1 is 1.48 bits per heavy atom. The zero-order valence-electron chi connectivity index (χ0n) is 12.2. The molecule has 1 saturated heterocycles. The molecule has 1 atom stereocenters. The highest BCUT2D eigenvalue weighted by Gasteiger charge is 2.39. The molecule has 116 valence electrons. The normalized spacial score (nSPS) is 20.1. The zero-order chi connectivity index (χ0) is 15.5. The molecule has 1 fully saturated rings. The summed E-state index contributed by atoms with van der Waals surface area (Å²) < 4.78 is 26.9. The largest absolute Gasteiger partial charge is 0.383 e. The van der Waals surface area contributed by atoms with E-state index in [0.717, 1.165) is 0 Å². The molecule has 21 heavy (non-hydrogen) atoms. The van der Waals surface area contributed by atoms with E-state index >= 15 is 0 Å². The highest BCUT2D eigenvalue weighted by molar-refractivity contribution is 7.89. The van der Waals surface area contributed by atoms with Gasteiger partial charge in [0.2, 0.25) is 5.91 Å². The van der Waals surface area contributed by atoms with Crippen molar-refractivity contribution in [2.24, 2.45) is 0 Å². The summed E-state index contributed by atoms with van der Waals surface area (Å²) >= 11 is 0. The van der Waals surface area contributed by atoms with E-state index in [9.17, 15) is 13.2 Å². The smallest absolute Gasteiger partial charge is 0.263 e. The number of anilines is 1. The summed E-state index contributed by atoms with van der Waals surface area (Å²) in [6.45, 7) is 4.84. The molecule has 0 radical (unpaired) electrons. The Morgan fingerprint density at radius 2 is 2.24 bits per heavy atom. The molecule has 1 amide bonds. The first-order chi connectivity index (χ1) is 10.0. The number of hydrogen-bond acceptors (Lipinski definition) is 5. The van der Waals surface area contributed by atoms with Crippen LogP contribution in [0.3, 0.4) is 0 Å². The quantitative estimate of drug-likeness (QED) is 0.822. The van der Waals surface area contributed by atoms with Crippen molar-refractivity contribution in [2.75, 3.05) is 25.0 Å². The molecule has 1 aromatic rings. The van der Waals surface area contributed by atoms with Crippen molar-refractivity contribution < 1.29 is 13.2 Å². The average Bonchev–Trinajstić information content (AvgIpc) is 2.47. The van der Waals surface area contributed by atoms with Crippen molar-refractivity contribution in [1.82, 2.24) is 14.6 Å². The van der Waals surface area contributed by atoms with Crippen LogP contribution in [-0.2, 0) is 14.8 Å². The lowest BCUT2D eigenvalue weighted by Gasteiger charge is -2.33.